The molecule has 0 saturated carbocycles. The van der Waals surface area contributed by atoms with E-state index in [0.717, 1.165) is 5.56 Å². The number of ether oxygens (including phenoxy) is 1. The summed E-state index contributed by atoms with van der Waals surface area (Å²) in [6.07, 6.45) is 4.32. The van der Waals surface area contributed by atoms with Gasteiger partial charge in [-0.05, 0) is 18.1 Å². The van der Waals surface area contributed by atoms with Gasteiger partial charge < -0.3 is 10.5 Å². The molecule has 4 heteroatoms. The smallest absolute Gasteiger partial charge is 0.305 e. The third-order valence-corrected chi connectivity index (χ3v) is 2.00. The summed E-state index contributed by atoms with van der Waals surface area (Å²) < 4.78 is 4.53. The van der Waals surface area contributed by atoms with Crippen molar-refractivity contribution in [2.45, 2.75) is 18.9 Å². The number of methoxy groups -OCH3 is 1. The molecular formula is C10H14N2O2. The average molecular weight is 194 g/mol. The van der Waals surface area contributed by atoms with Gasteiger partial charge in [-0.1, -0.05) is 6.07 Å². The first kappa shape index (κ1) is 10.7. The zero-order valence-corrected chi connectivity index (χ0v) is 8.14. The predicted molar refractivity (Wildman–Crippen MR) is 52.4 cm³/mol. The van der Waals surface area contributed by atoms with E-state index < -0.39 is 0 Å². The van der Waals surface area contributed by atoms with E-state index in [9.17, 15) is 4.79 Å². The summed E-state index contributed by atoms with van der Waals surface area (Å²) in [4.78, 5) is 14.8. The topological polar surface area (TPSA) is 65.2 Å². The van der Waals surface area contributed by atoms with E-state index in [0.29, 0.717) is 12.8 Å². The number of hydrogen-bond donors (Lipinski definition) is 1. The molecule has 1 atom stereocenters. The van der Waals surface area contributed by atoms with Crippen LogP contribution < -0.4 is 5.73 Å². The van der Waals surface area contributed by atoms with Gasteiger partial charge >= 0.3 is 5.97 Å². The van der Waals surface area contributed by atoms with E-state index in [1.807, 2.05) is 12.1 Å². The van der Waals surface area contributed by atoms with Crippen LogP contribution in [0, 0.1) is 0 Å². The second kappa shape index (κ2) is 5.34. The van der Waals surface area contributed by atoms with Crippen LogP contribution in [0.25, 0.3) is 0 Å². The van der Waals surface area contributed by atoms with Crippen LogP contribution >= 0.6 is 0 Å². The lowest BCUT2D eigenvalue weighted by molar-refractivity contribution is -0.140. The number of nitrogens with two attached hydrogens (primary N) is 1. The molecule has 0 aliphatic rings. The van der Waals surface area contributed by atoms with Gasteiger partial charge in [-0.3, -0.25) is 9.78 Å². The molecule has 0 bridgehead atoms. The van der Waals surface area contributed by atoms with Gasteiger partial charge in [-0.25, -0.2) is 0 Å². The number of nitrogens with zero attached hydrogens (tertiary/aromatic N) is 1. The van der Waals surface area contributed by atoms with Gasteiger partial charge in [-0.15, -0.1) is 0 Å². The lowest BCUT2D eigenvalue weighted by atomic mass is 10.1. The van der Waals surface area contributed by atoms with Crippen LogP contribution in [0.15, 0.2) is 24.5 Å². The summed E-state index contributed by atoms with van der Waals surface area (Å²) in [6.45, 7) is 0. The predicted octanol–water partition coefficient (Wildman–Crippen LogP) is 1.03. The van der Waals surface area contributed by atoms with Crippen molar-refractivity contribution in [2.75, 3.05) is 7.11 Å². The highest BCUT2D eigenvalue weighted by Crippen LogP contribution is 2.14. The molecular weight excluding hydrogens is 180 g/mol. The standard InChI is InChI=1S/C10H14N2O2/c1-14-10(13)5-4-9(11)8-3-2-6-12-7-8/h2-3,6-7,9H,4-5,11H2,1H3. The highest BCUT2D eigenvalue weighted by atomic mass is 16.5. The van der Waals surface area contributed by atoms with Crippen LogP contribution in [-0.4, -0.2) is 18.1 Å². The molecule has 0 saturated heterocycles. The molecule has 0 aromatic carbocycles. The molecule has 0 fully saturated rings. The quantitative estimate of drug-likeness (QED) is 0.727. The molecule has 0 aliphatic heterocycles. The van der Waals surface area contributed by atoms with Crippen LogP contribution in [0.5, 0.6) is 0 Å². The van der Waals surface area contributed by atoms with Crippen LogP contribution in [-0.2, 0) is 9.53 Å². The molecule has 0 amide bonds. The SMILES string of the molecule is COC(=O)CCC(N)c1cccnc1. The highest BCUT2D eigenvalue weighted by Gasteiger charge is 2.08. The Bertz CT molecular complexity index is 287. The lowest BCUT2D eigenvalue weighted by Crippen LogP contribution is -2.13. The van der Waals surface area contributed by atoms with Gasteiger partial charge in [0.2, 0.25) is 0 Å². The van der Waals surface area contributed by atoms with Crippen molar-refractivity contribution in [3.05, 3.63) is 30.1 Å². The molecule has 0 aliphatic carbocycles. The van der Waals surface area contributed by atoms with Crippen molar-refractivity contribution >= 4 is 5.97 Å². The van der Waals surface area contributed by atoms with Gasteiger partial charge in [0, 0.05) is 24.9 Å². The van der Waals surface area contributed by atoms with Crippen LogP contribution in [0.3, 0.4) is 0 Å². The van der Waals surface area contributed by atoms with Crippen molar-refractivity contribution in [1.82, 2.24) is 4.98 Å². The van der Waals surface area contributed by atoms with Crippen molar-refractivity contribution in [1.29, 1.82) is 0 Å². The maximum Gasteiger partial charge on any atom is 0.305 e. The summed E-state index contributed by atoms with van der Waals surface area (Å²) >= 11 is 0. The van der Waals surface area contributed by atoms with Crippen molar-refractivity contribution in [2.24, 2.45) is 5.73 Å². The number of esters is 1. The zero-order valence-electron chi connectivity index (χ0n) is 8.14. The van der Waals surface area contributed by atoms with E-state index in [2.05, 4.69) is 9.72 Å². The molecule has 1 aromatic heterocycles. The van der Waals surface area contributed by atoms with E-state index >= 15 is 0 Å². The molecule has 0 spiro atoms. The third kappa shape index (κ3) is 3.14. The Labute approximate surface area is 83.1 Å². The fraction of sp³-hybridized carbons (Fsp3) is 0.400. The molecule has 1 heterocycles. The first-order valence-corrected chi connectivity index (χ1v) is 4.46. The van der Waals surface area contributed by atoms with Crippen LogP contribution in [0.2, 0.25) is 0 Å². The second-order valence-corrected chi connectivity index (χ2v) is 3.01. The maximum atomic E-state index is 10.9. The Hall–Kier alpha value is -1.42. The van der Waals surface area contributed by atoms with Crippen molar-refractivity contribution < 1.29 is 9.53 Å². The summed E-state index contributed by atoms with van der Waals surface area (Å²) in [7, 11) is 1.37. The molecule has 0 radical (unpaired) electrons. The van der Waals surface area contributed by atoms with Crippen LogP contribution in [0.4, 0.5) is 0 Å². The molecule has 1 rings (SSSR count). The summed E-state index contributed by atoms with van der Waals surface area (Å²) in [5.74, 6) is -0.232. The average Bonchev–Trinajstić information content (AvgIpc) is 2.26. The van der Waals surface area contributed by atoms with E-state index in [1.54, 1.807) is 12.4 Å². The first-order chi connectivity index (χ1) is 6.74. The molecule has 1 unspecified atom stereocenters. The first-order valence-electron chi connectivity index (χ1n) is 4.46. The van der Waals surface area contributed by atoms with Gasteiger partial charge in [0.05, 0.1) is 7.11 Å². The minimum Gasteiger partial charge on any atom is -0.469 e. The van der Waals surface area contributed by atoms with Crippen molar-refractivity contribution in [3.63, 3.8) is 0 Å². The lowest BCUT2D eigenvalue weighted by Gasteiger charge is -2.09. The van der Waals surface area contributed by atoms with Crippen LogP contribution in [0.1, 0.15) is 24.4 Å². The number of pyridine rings is 1. The Balaban J connectivity index is 2.43. The molecule has 2 N–H and O–H groups in total. The van der Waals surface area contributed by atoms with E-state index in [-0.39, 0.29) is 12.0 Å². The molecule has 1 aromatic rings. The zero-order chi connectivity index (χ0) is 10.4. The Morgan fingerprint density at radius 2 is 2.50 bits per heavy atom. The minimum atomic E-state index is -0.232. The Morgan fingerprint density at radius 3 is 3.07 bits per heavy atom. The molecule has 14 heavy (non-hydrogen) atoms. The number of carbonyl (C=O) groups excluding carboxylic acids is 1. The normalized spacial score (nSPS) is 12.1. The fourth-order valence-corrected chi connectivity index (χ4v) is 1.14. The Morgan fingerprint density at radius 1 is 1.71 bits per heavy atom. The summed E-state index contributed by atoms with van der Waals surface area (Å²) in [6, 6.07) is 3.57. The third-order valence-electron chi connectivity index (χ3n) is 2.00. The van der Waals surface area contributed by atoms with E-state index in [1.165, 1.54) is 7.11 Å². The van der Waals surface area contributed by atoms with Gasteiger partial charge in [-0.2, -0.15) is 0 Å². The number of hydrogen-bond acceptors (Lipinski definition) is 4. The van der Waals surface area contributed by atoms with Gasteiger partial charge in [0.25, 0.3) is 0 Å². The fourth-order valence-electron chi connectivity index (χ4n) is 1.14. The van der Waals surface area contributed by atoms with E-state index in [4.69, 9.17) is 5.73 Å². The molecule has 76 valence electrons. The second-order valence-electron chi connectivity index (χ2n) is 3.01. The Kier molecular flexibility index (Phi) is 4.07. The largest absolute Gasteiger partial charge is 0.469 e. The van der Waals surface area contributed by atoms with Gasteiger partial charge in [0.1, 0.15) is 0 Å². The number of aromatic nitrogens is 1. The number of carbonyl (C=O) groups is 1. The summed E-state index contributed by atoms with van der Waals surface area (Å²) in [5, 5.41) is 0. The molecule has 4 nitrogen and oxygen atoms in total. The summed E-state index contributed by atoms with van der Waals surface area (Å²) in [5.41, 5.74) is 6.79. The monoisotopic (exact) mass is 194 g/mol. The minimum absolute atomic E-state index is 0.150. The van der Waals surface area contributed by atoms with Crippen molar-refractivity contribution in [3.8, 4) is 0 Å². The maximum absolute atomic E-state index is 10.9. The van der Waals surface area contributed by atoms with Gasteiger partial charge in [0.15, 0.2) is 0 Å². The number of rotatable bonds is 4. The highest BCUT2D eigenvalue weighted by molar-refractivity contribution is 5.69.